The van der Waals surface area contributed by atoms with E-state index >= 15 is 0 Å². The van der Waals surface area contributed by atoms with E-state index in [1.165, 1.54) is 5.56 Å². The molecule has 1 aliphatic heterocycles. The molecule has 4 nitrogen and oxygen atoms in total. The van der Waals surface area contributed by atoms with Crippen molar-refractivity contribution in [1.29, 1.82) is 0 Å². The van der Waals surface area contributed by atoms with Crippen LogP contribution in [0.4, 0.5) is 4.79 Å². The molecule has 1 fully saturated rings. The molecule has 0 unspecified atom stereocenters. The molecule has 0 bridgehead atoms. The number of urea groups is 1. The average Bonchev–Trinajstić information content (AvgIpc) is 2.71. The Morgan fingerprint density at radius 1 is 1.10 bits per heavy atom. The fourth-order valence-electron chi connectivity index (χ4n) is 2.95. The van der Waals surface area contributed by atoms with Crippen molar-refractivity contribution >= 4 is 11.9 Å². The number of amides is 3. The summed E-state index contributed by atoms with van der Waals surface area (Å²) < 4.78 is 0. The van der Waals surface area contributed by atoms with Gasteiger partial charge in [-0.2, -0.15) is 0 Å². The first-order valence-corrected chi connectivity index (χ1v) is 7.31. The molecule has 3 amide bonds. The smallest absolute Gasteiger partial charge is 0.310 e. The van der Waals surface area contributed by atoms with Crippen LogP contribution < -0.4 is 5.32 Å². The first-order valence-electron chi connectivity index (χ1n) is 7.31. The molecule has 2 rings (SSSR count). The Morgan fingerprint density at radius 3 is 2.35 bits per heavy atom. The number of rotatable bonds is 6. The molecule has 1 aromatic carbocycles. The van der Waals surface area contributed by atoms with E-state index in [0.717, 1.165) is 12.8 Å². The summed E-state index contributed by atoms with van der Waals surface area (Å²) in [5.74, 6) is -0.146. The molecule has 1 aromatic rings. The Kier molecular flexibility index (Phi) is 4.42. The van der Waals surface area contributed by atoms with Crippen molar-refractivity contribution in [2.45, 2.75) is 45.1 Å². The maximum Gasteiger partial charge on any atom is 0.325 e. The lowest BCUT2D eigenvalue weighted by atomic mass is 9.91. The van der Waals surface area contributed by atoms with Crippen LogP contribution in [0.15, 0.2) is 30.3 Å². The fraction of sp³-hybridized carbons (Fsp3) is 0.500. The van der Waals surface area contributed by atoms with Gasteiger partial charge in [-0.1, -0.05) is 44.2 Å². The molecule has 0 spiro atoms. The molecule has 1 N–H and O–H groups in total. The highest BCUT2D eigenvalue weighted by Crippen LogP contribution is 2.29. The lowest BCUT2D eigenvalue weighted by molar-refractivity contribution is -0.127. The number of hydrogen-bond acceptors (Lipinski definition) is 2. The molecule has 0 saturated carbocycles. The number of carbonyl (C=O) groups excluding carboxylic acids is 2. The van der Waals surface area contributed by atoms with E-state index < -0.39 is 5.54 Å². The summed E-state index contributed by atoms with van der Waals surface area (Å²) in [6.45, 7) is 4.55. The van der Waals surface area contributed by atoms with Crippen molar-refractivity contribution in [3.8, 4) is 0 Å². The Bertz CT molecular complexity index is 481. The van der Waals surface area contributed by atoms with Gasteiger partial charge in [0.1, 0.15) is 5.54 Å². The highest BCUT2D eigenvalue weighted by atomic mass is 16.2. The number of benzene rings is 1. The van der Waals surface area contributed by atoms with Gasteiger partial charge in [0.05, 0.1) is 0 Å². The number of hydrogen-bond donors (Lipinski definition) is 1. The molecule has 1 saturated heterocycles. The van der Waals surface area contributed by atoms with Gasteiger partial charge in [0, 0.05) is 6.54 Å². The quantitative estimate of drug-likeness (QED) is 0.811. The summed E-state index contributed by atoms with van der Waals surface area (Å²) in [6.07, 6.45) is 3.10. The molecule has 20 heavy (non-hydrogen) atoms. The number of aryl methyl sites for hydroxylation is 1. The highest BCUT2D eigenvalue weighted by molar-refractivity contribution is 6.06. The minimum absolute atomic E-state index is 0.146. The Balaban J connectivity index is 2.00. The van der Waals surface area contributed by atoms with E-state index in [9.17, 15) is 9.59 Å². The first kappa shape index (κ1) is 14.6. The molecule has 1 heterocycles. The third-order valence-electron chi connectivity index (χ3n) is 4.26. The van der Waals surface area contributed by atoms with E-state index in [-0.39, 0.29) is 11.9 Å². The van der Waals surface area contributed by atoms with Crippen molar-refractivity contribution < 1.29 is 9.59 Å². The van der Waals surface area contributed by atoms with Gasteiger partial charge in [0.25, 0.3) is 5.91 Å². The minimum Gasteiger partial charge on any atom is -0.310 e. The lowest BCUT2D eigenvalue weighted by Crippen LogP contribution is -2.49. The SMILES string of the molecule is CCC1(CC)C(=O)NC(=O)N1CCCc1ccccc1. The summed E-state index contributed by atoms with van der Waals surface area (Å²) in [5.41, 5.74) is 0.616. The van der Waals surface area contributed by atoms with Crippen LogP contribution in [-0.2, 0) is 11.2 Å². The van der Waals surface area contributed by atoms with Crippen molar-refractivity contribution in [1.82, 2.24) is 10.2 Å². The predicted molar refractivity (Wildman–Crippen MR) is 78.3 cm³/mol. The number of carbonyl (C=O) groups is 2. The zero-order valence-electron chi connectivity index (χ0n) is 12.2. The summed E-state index contributed by atoms with van der Waals surface area (Å²) in [6, 6.07) is 9.96. The topological polar surface area (TPSA) is 49.4 Å². The van der Waals surface area contributed by atoms with Gasteiger partial charge in [-0.3, -0.25) is 10.1 Å². The third-order valence-corrected chi connectivity index (χ3v) is 4.26. The Morgan fingerprint density at radius 2 is 1.75 bits per heavy atom. The largest absolute Gasteiger partial charge is 0.325 e. The van der Waals surface area contributed by atoms with Crippen LogP contribution in [0.2, 0.25) is 0 Å². The minimum atomic E-state index is -0.645. The third kappa shape index (κ3) is 2.55. The van der Waals surface area contributed by atoms with Crippen molar-refractivity contribution in [2.24, 2.45) is 0 Å². The van der Waals surface area contributed by atoms with E-state index in [1.54, 1.807) is 4.90 Å². The van der Waals surface area contributed by atoms with Gasteiger partial charge in [-0.05, 0) is 31.2 Å². The lowest BCUT2D eigenvalue weighted by Gasteiger charge is -2.33. The van der Waals surface area contributed by atoms with Crippen LogP contribution >= 0.6 is 0 Å². The summed E-state index contributed by atoms with van der Waals surface area (Å²) in [4.78, 5) is 25.7. The van der Waals surface area contributed by atoms with Crippen LogP contribution in [-0.4, -0.2) is 28.9 Å². The molecule has 4 heteroatoms. The van der Waals surface area contributed by atoms with Gasteiger partial charge >= 0.3 is 6.03 Å². The maximum absolute atomic E-state index is 12.0. The highest BCUT2D eigenvalue weighted by Gasteiger charge is 2.49. The first-order chi connectivity index (χ1) is 9.64. The second-order valence-electron chi connectivity index (χ2n) is 5.24. The summed E-state index contributed by atoms with van der Waals surface area (Å²) in [7, 11) is 0. The normalized spacial score (nSPS) is 17.4. The van der Waals surface area contributed by atoms with E-state index in [1.807, 2.05) is 32.0 Å². The summed E-state index contributed by atoms with van der Waals surface area (Å²) >= 11 is 0. The average molecular weight is 274 g/mol. The van der Waals surface area contributed by atoms with E-state index in [0.29, 0.717) is 19.4 Å². The van der Waals surface area contributed by atoms with Crippen molar-refractivity contribution in [3.63, 3.8) is 0 Å². The van der Waals surface area contributed by atoms with Gasteiger partial charge < -0.3 is 4.90 Å². The molecule has 0 aliphatic carbocycles. The van der Waals surface area contributed by atoms with Crippen LogP contribution in [0.5, 0.6) is 0 Å². The van der Waals surface area contributed by atoms with Gasteiger partial charge in [0.2, 0.25) is 0 Å². The van der Waals surface area contributed by atoms with Crippen molar-refractivity contribution in [3.05, 3.63) is 35.9 Å². The summed E-state index contributed by atoms with van der Waals surface area (Å²) in [5, 5.41) is 2.46. The fourth-order valence-corrected chi connectivity index (χ4v) is 2.95. The maximum atomic E-state index is 12.0. The molecular weight excluding hydrogens is 252 g/mol. The monoisotopic (exact) mass is 274 g/mol. The zero-order chi connectivity index (χ0) is 14.6. The van der Waals surface area contributed by atoms with Gasteiger partial charge in [0.15, 0.2) is 0 Å². The number of nitrogens with zero attached hydrogens (tertiary/aromatic N) is 1. The van der Waals surface area contributed by atoms with Crippen LogP contribution in [0.25, 0.3) is 0 Å². The van der Waals surface area contributed by atoms with Crippen LogP contribution in [0.1, 0.15) is 38.7 Å². The molecule has 0 aromatic heterocycles. The Hall–Kier alpha value is -1.84. The number of nitrogens with one attached hydrogen (secondary N) is 1. The molecule has 108 valence electrons. The standard InChI is InChI=1S/C16H22N2O2/c1-3-16(4-2)14(19)17-15(20)18(16)12-8-11-13-9-6-5-7-10-13/h5-7,9-10H,3-4,8,11-12H2,1-2H3,(H,17,19,20). The molecule has 1 aliphatic rings. The number of imide groups is 1. The van der Waals surface area contributed by atoms with Crippen LogP contribution in [0, 0.1) is 0 Å². The van der Waals surface area contributed by atoms with Crippen molar-refractivity contribution in [2.75, 3.05) is 6.54 Å². The molecule has 0 radical (unpaired) electrons. The van der Waals surface area contributed by atoms with Gasteiger partial charge in [-0.15, -0.1) is 0 Å². The van der Waals surface area contributed by atoms with Gasteiger partial charge in [-0.25, -0.2) is 4.79 Å². The second-order valence-corrected chi connectivity index (χ2v) is 5.24. The van der Waals surface area contributed by atoms with E-state index in [4.69, 9.17) is 0 Å². The zero-order valence-corrected chi connectivity index (χ0v) is 12.2. The van der Waals surface area contributed by atoms with Crippen LogP contribution in [0.3, 0.4) is 0 Å². The van der Waals surface area contributed by atoms with E-state index in [2.05, 4.69) is 17.4 Å². The second kappa shape index (κ2) is 6.07. The predicted octanol–water partition coefficient (Wildman–Crippen LogP) is 2.73. The molecule has 0 atom stereocenters. The molecular formula is C16H22N2O2. The Labute approximate surface area is 120 Å².